The van der Waals surface area contributed by atoms with Crippen LogP contribution in [0.5, 0.6) is 11.5 Å². The van der Waals surface area contributed by atoms with Gasteiger partial charge in [-0.1, -0.05) is 54.6 Å². The summed E-state index contributed by atoms with van der Waals surface area (Å²) >= 11 is 3.67. The van der Waals surface area contributed by atoms with Crippen molar-refractivity contribution in [2.24, 2.45) is 0 Å². The molecule has 0 saturated carbocycles. The number of hydrogen-bond donors (Lipinski definition) is 2. The van der Waals surface area contributed by atoms with Gasteiger partial charge in [0.15, 0.2) is 0 Å². The highest BCUT2D eigenvalue weighted by molar-refractivity contribution is 9.10. The Morgan fingerprint density at radius 1 is 0.978 bits per heavy atom. The lowest BCUT2D eigenvalue weighted by molar-refractivity contribution is -0.386. The predicted molar refractivity (Wildman–Crippen MR) is 166 cm³/mol. The molecule has 6 rings (SSSR count). The minimum atomic E-state index is -1.08. The molecule has 0 spiro atoms. The molecule has 230 valence electrons. The second-order valence-electron chi connectivity index (χ2n) is 10.7. The second-order valence-corrected chi connectivity index (χ2v) is 11.5. The highest BCUT2D eigenvalue weighted by Gasteiger charge is 2.37. The molecular weight excluding hydrogens is 648 g/mol. The van der Waals surface area contributed by atoms with Crippen molar-refractivity contribution in [2.75, 3.05) is 6.54 Å². The van der Waals surface area contributed by atoms with E-state index in [0.29, 0.717) is 16.6 Å². The summed E-state index contributed by atoms with van der Waals surface area (Å²) in [5.41, 5.74) is 4.69. The summed E-state index contributed by atoms with van der Waals surface area (Å²) in [5, 5.41) is 39.8. The Kier molecular flexibility index (Phi) is 8.74. The van der Waals surface area contributed by atoms with Crippen molar-refractivity contribution < 1.29 is 34.0 Å². The van der Waals surface area contributed by atoms with Crippen molar-refractivity contribution in [1.29, 1.82) is 0 Å². The molecule has 2 atom stereocenters. The Bertz CT molecular complexity index is 1870. The fourth-order valence-corrected chi connectivity index (χ4v) is 6.01. The van der Waals surface area contributed by atoms with Crippen molar-refractivity contribution in [2.45, 2.75) is 38.3 Å². The molecule has 1 aliphatic heterocycles. The molecule has 0 aliphatic carbocycles. The Hall–Kier alpha value is -4.85. The van der Waals surface area contributed by atoms with Gasteiger partial charge in [-0.3, -0.25) is 19.8 Å². The van der Waals surface area contributed by atoms with Gasteiger partial charge in [0, 0.05) is 47.2 Å². The van der Waals surface area contributed by atoms with Crippen LogP contribution < -0.4 is 9.47 Å². The summed E-state index contributed by atoms with van der Waals surface area (Å²) in [6.45, 7) is 0.199. The molecule has 0 radical (unpaired) electrons. The highest BCUT2D eigenvalue weighted by Crippen LogP contribution is 2.38. The third-order valence-electron chi connectivity index (χ3n) is 7.64. The van der Waals surface area contributed by atoms with E-state index in [1.165, 1.54) is 12.1 Å². The van der Waals surface area contributed by atoms with Gasteiger partial charge in [-0.15, -0.1) is 0 Å². The van der Waals surface area contributed by atoms with Gasteiger partial charge in [-0.2, -0.15) is 0 Å². The molecule has 0 unspecified atom stereocenters. The molecule has 1 fully saturated rings. The Labute approximate surface area is 265 Å². The number of nitro groups is 1. The maximum atomic E-state index is 12.2. The number of halogens is 1. The van der Waals surface area contributed by atoms with Crippen LogP contribution in [0.4, 0.5) is 5.69 Å². The fraction of sp³-hybridized carbons (Fsp3) is 0.219. The third-order valence-corrected chi connectivity index (χ3v) is 8.57. The maximum Gasteiger partial charge on any atom is 0.321 e. The van der Waals surface area contributed by atoms with Gasteiger partial charge in [-0.05, 0) is 55.1 Å². The SMILES string of the molecule is O=C(O)[C@H]1C[C@@H](O)CN1Cc1cc([N+](=O)[O-])c(OCc2cccc(-c3ccccc3)c2Br)cc1OCc1ccc2nonc2c1. The smallest absolute Gasteiger partial charge is 0.321 e. The number of ether oxygens (including phenoxy) is 2. The summed E-state index contributed by atoms with van der Waals surface area (Å²) < 4.78 is 17.8. The first-order valence-electron chi connectivity index (χ1n) is 14.0. The van der Waals surface area contributed by atoms with Crippen LogP contribution in [0.1, 0.15) is 23.1 Å². The summed E-state index contributed by atoms with van der Waals surface area (Å²) in [6, 6.07) is 22.7. The normalized spacial score (nSPS) is 16.6. The zero-order valence-electron chi connectivity index (χ0n) is 23.7. The number of nitrogens with zero attached hydrogens (tertiary/aromatic N) is 4. The van der Waals surface area contributed by atoms with Gasteiger partial charge in [0.2, 0.25) is 5.75 Å². The monoisotopic (exact) mass is 674 g/mol. The van der Waals surface area contributed by atoms with Crippen molar-refractivity contribution in [3.63, 3.8) is 0 Å². The third kappa shape index (κ3) is 6.65. The summed E-state index contributed by atoms with van der Waals surface area (Å²) in [4.78, 5) is 25.2. The van der Waals surface area contributed by atoms with E-state index in [4.69, 9.17) is 14.1 Å². The number of β-amino-alcohol motifs (C(OH)–C–C–N with tert-alkyl or cyclic N) is 1. The van der Waals surface area contributed by atoms with Crippen LogP contribution in [0.2, 0.25) is 0 Å². The van der Waals surface area contributed by atoms with E-state index in [2.05, 4.69) is 26.2 Å². The lowest BCUT2D eigenvalue weighted by Crippen LogP contribution is -2.35. The Morgan fingerprint density at radius 3 is 2.53 bits per heavy atom. The molecule has 1 aliphatic rings. The Morgan fingerprint density at radius 2 is 1.76 bits per heavy atom. The number of hydrogen-bond acceptors (Lipinski definition) is 10. The van der Waals surface area contributed by atoms with Gasteiger partial charge in [0.05, 0.1) is 11.0 Å². The summed E-state index contributed by atoms with van der Waals surface area (Å²) in [6.07, 6.45) is -0.779. The lowest BCUT2D eigenvalue weighted by atomic mass is 10.0. The van der Waals surface area contributed by atoms with Crippen LogP contribution in [0.3, 0.4) is 0 Å². The van der Waals surface area contributed by atoms with E-state index in [9.17, 15) is 25.1 Å². The molecule has 1 saturated heterocycles. The zero-order chi connectivity index (χ0) is 31.5. The van der Waals surface area contributed by atoms with Gasteiger partial charge in [0.25, 0.3) is 0 Å². The van der Waals surface area contributed by atoms with Crippen molar-refractivity contribution in [3.8, 4) is 22.6 Å². The first-order chi connectivity index (χ1) is 21.8. The number of carboxylic acid groups (broad SMARTS) is 1. The highest BCUT2D eigenvalue weighted by atomic mass is 79.9. The molecule has 12 nitrogen and oxygen atoms in total. The van der Waals surface area contributed by atoms with E-state index in [0.717, 1.165) is 26.7 Å². The van der Waals surface area contributed by atoms with Crippen LogP contribution in [-0.2, 0) is 24.6 Å². The molecular formula is C32H27BrN4O8. The van der Waals surface area contributed by atoms with Gasteiger partial charge in [0.1, 0.15) is 36.0 Å². The largest absolute Gasteiger partial charge is 0.488 e. The van der Waals surface area contributed by atoms with E-state index in [-0.39, 0.29) is 49.9 Å². The van der Waals surface area contributed by atoms with Crippen LogP contribution in [-0.4, -0.2) is 55.0 Å². The number of likely N-dealkylation sites (tertiary alicyclic amines) is 1. The first-order valence-corrected chi connectivity index (χ1v) is 14.8. The van der Waals surface area contributed by atoms with Crippen LogP contribution in [0, 0.1) is 10.1 Å². The standard InChI is InChI=1S/C32H27BrN4O8/c33-31-21(7-4-8-24(31)20-5-2-1-3-6-20)18-44-30-14-29(43-17-19-9-10-25-26(11-19)35-45-34-25)22(12-27(30)37(41)42)15-36-16-23(38)13-28(36)32(39)40/h1-12,14,23,28,38H,13,15-18H2,(H,39,40)/t23-,28-/m1/s1. The molecule has 5 aromatic rings. The van der Waals surface area contributed by atoms with Crippen LogP contribution >= 0.6 is 15.9 Å². The lowest BCUT2D eigenvalue weighted by Gasteiger charge is -2.23. The van der Waals surface area contributed by atoms with Gasteiger partial charge < -0.3 is 19.7 Å². The number of aliphatic hydroxyl groups excluding tert-OH is 1. The minimum Gasteiger partial charge on any atom is -0.488 e. The number of benzene rings is 4. The summed E-state index contributed by atoms with van der Waals surface area (Å²) in [7, 11) is 0. The number of aliphatic carboxylic acids is 1. The van der Waals surface area contributed by atoms with Gasteiger partial charge >= 0.3 is 11.7 Å². The molecule has 45 heavy (non-hydrogen) atoms. The molecule has 2 N–H and O–H groups in total. The number of fused-ring (bicyclic) bond motifs is 1. The molecule has 13 heteroatoms. The van der Waals surface area contributed by atoms with Crippen LogP contribution in [0.25, 0.3) is 22.2 Å². The number of rotatable bonds is 11. The molecule has 0 bridgehead atoms. The molecule has 0 amide bonds. The van der Waals surface area contributed by atoms with E-state index >= 15 is 0 Å². The molecule has 2 heterocycles. The maximum absolute atomic E-state index is 12.2. The quantitative estimate of drug-likeness (QED) is 0.130. The Balaban J connectivity index is 1.32. The second kappa shape index (κ2) is 13.0. The minimum absolute atomic E-state index is 0.00138. The molecule has 4 aromatic carbocycles. The average molecular weight is 675 g/mol. The number of carboxylic acids is 1. The van der Waals surface area contributed by atoms with E-state index < -0.39 is 23.0 Å². The van der Waals surface area contributed by atoms with E-state index in [1.807, 2.05) is 48.5 Å². The topological polar surface area (TPSA) is 161 Å². The predicted octanol–water partition coefficient (Wildman–Crippen LogP) is 5.74. The van der Waals surface area contributed by atoms with Crippen molar-refractivity contribution >= 4 is 38.6 Å². The summed E-state index contributed by atoms with van der Waals surface area (Å²) in [5.74, 6) is -0.818. The van der Waals surface area contributed by atoms with Gasteiger partial charge in [-0.25, -0.2) is 4.63 Å². The fourth-order valence-electron chi connectivity index (χ4n) is 5.41. The number of nitro benzene ring substituents is 1. The number of aromatic nitrogens is 2. The first kappa shape index (κ1) is 30.2. The van der Waals surface area contributed by atoms with E-state index in [1.54, 1.807) is 23.1 Å². The average Bonchev–Trinajstić information content (AvgIpc) is 3.66. The zero-order valence-corrected chi connectivity index (χ0v) is 25.3. The van der Waals surface area contributed by atoms with Crippen molar-refractivity contribution in [3.05, 3.63) is 110 Å². The number of aliphatic hydroxyl groups is 1. The number of carbonyl (C=O) groups is 1. The molecule has 1 aromatic heterocycles. The van der Waals surface area contributed by atoms with Crippen molar-refractivity contribution in [1.82, 2.24) is 15.2 Å². The van der Waals surface area contributed by atoms with Crippen LogP contribution in [0.15, 0.2) is 88.0 Å².